The van der Waals surface area contributed by atoms with Gasteiger partial charge in [0, 0.05) is 23.9 Å². The van der Waals surface area contributed by atoms with E-state index in [2.05, 4.69) is 125 Å². The summed E-state index contributed by atoms with van der Waals surface area (Å²) in [6.07, 6.45) is 11.4. The Balaban J connectivity index is 1.50. The topological polar surface area (TPSA) is 9.23 Å². The molecule has 39 heavy (non-hydrogen) atoms. The highest BCUT2D eigenvalue weighted by Crippen LogP contribution is 2.59. The number of hydrogen-bond donors (Lipinski definition) is 0. The van der Waals surface area contributed by atoms with Crippen LogP contribution in [0.2, 0.25) is 18.1 Å². The number of benzene rings is 3. The Bertz CT molecular complexity index is 1500. The summed E-state index contributed by atoms with van der Waals surface area (Å²) in [6.45, 7) is 10.4. The van der Waals surface area contributed by atoms with Gasteiger partial charge in [-0.1, -0.05) is 125 Å². The van der Waals surface area contributed by atoms with Crippen LogP contribution in [-0.2, 0) is 4.43 Å². The maximum Gasteiger partial charge on any atom is 0.191 e. The average Bonchev–Trinajstić information content (AvgIpc) is 3.52. The Kier molecular flexibility index (Phi) is 7.12. The molecule has 0 saturated carbocycles. The molecule has 0 spiro atoms. The lowest BCUT2D eigenvalue weighted by Gasteiger charge is -2.42. The second-order valence-corrected chi connectivity index (χ2v) is 16.6. The van der Waals surface area contributed by atoms with E-state index in [4.69, 9.17) is 4.43 Å². The van der Waals surface area contributed by atoms with Crippen LogP contribution in [0, 0.1) is 11.3 Å². The van der Waals surface area contributed by atoms with Gasteiger partial charge < -0.3 is 4.43 Å². The van der Waals surface area contributed by atoms with E-state index in [0.717, 1.165) is 19.4 Å². The summed E-state index contributed by atoms with van der Waals surface area (Å²) in [5, 5.41) is 2.85. The SMILES string of the molecule is CC[Si](CC)(CC)OCCCC(C)(C1=c2ccccc2=C2C=CC=CC21)C1c2ccccc2-c2ccccc21. The first-order chi connectivity index (χ1) is 19.1. The minimum Gasteiger partial charge on any atom is -0.417 e. The zero-order chi connectivity index (χ0) is 27.0. The van der Waals surface area contributed by atoms with E-state index < -0.39 is 8.32 Å². The van der Waals surface area contributed by atoms with Crippen LogP contribution in [0.4, 0.5) is 0 Å². The van der Waals surface area contributed by atoms with Crippen molar-refractivity contribution < 1.29 is 4.43 Å². The molecule has 0 amide bonds. The summed E-state index contributed by atoms with van der Waals surface area (Å²) in [4.78, 5) is 0. The summed E-state index contributed by atoms with van der Waals surface area (Å²) in [7, 11) is -1.61. The van der Waals surface area contributed by atoms with Crippen molar-refractivity contribution in [1.29, 1.82) is 0 Å². The molecule has 0 bridgehead atoms. The Morgan fingerprint density at radius 2 is 1.33 bits per heavy atom. The molecule has 2 atom stereocenters. The summed E-state index contributed by atoms with van der Waals surface area (Å²) in [5.41, 5.74) is 8.77. The van der Waals surface area contributed by atoms with Crippen molar-refractivity contribution in [2.24, 2.45) is 11.3 Å². The van der Waals surface area contributed by atoms with Gasteiger partial charge in [0.15, 0.2) is 8.32 Å². The third kappa shape index (κ3) is 4.24. The molecular weight excluding hydrogens is 488 g/mol. The van der Waals surface area contributed by atoms with Crippen molar-refractivity contribution >= 4 is 19.5 Å². The molecule has 0 heterocycles. The highest BCUT2D eigenvalue weighted by atomic mass is 28.4. The van der Waals surface area contributed by atoms with E-state index in [0.29, 0.717) is 11.8 Å². The predicted molar refractivity (Wildman–Crippen MR) is 168 cm³/mol. The van der Waals surface area contributed by atoms with Crippen LogP contribution in [-0.4, -0.2) is 14.9 Å². The van der Waals surface area contributed by atoms with E-state index in [-0.39, 0.29) is 5.41 Å². The molecule has 200 valence electrons. The Morgan fingerprint density at radius 1 is 0.744 bits per heavy atom. The molecule has 0 aliphatic heterocycles. The standard InChI is InChI=1S/C37H42OSi/c1-5-39(6-2,7-3)38-26-16-25-37(4,35-31-21-12-8-17-27(31)28-18-9-13-22-32(28)35)36-33-23-14-10-19-29(33)30-20-11-15-24-34(30)36/h8-15,17-24,31,36H,5-7,16,25-26H2,1-4H3. The van der Waals surface area contributed by atoms with Crippen molar-refractivity contribution in [3.8, 4) is 11.1 Å². The van der Waals surface area contributed by atoms with Crippen LogP contribution in [0.25, 0.3) is 22.3 Å². The van der Waals surface area contributed by atoms with Gasteiger partial charge in [0.2, 0.25) is 0 Å². The van der Waals surface area contributed by atoms with Gasteiger partial charge in [0.25, 0.3) is 0 Å². The maximum absolute atomic E-state index is 6.81. The lowest BCUT2D eigenvalue weighted by Crippen LogP contribution is -2.37. The quantitative estimate of drug-likeness (QED) is 0.189. The lowest BCUT2D eigenvalue weighted by atomic mass is 9.61. The minimum absolute atomic E-state index is 0.0566. The first-order valence-electron chi connectivity index (χ1n) is 15.1. The second-order valence-electron chi connectivity index (χ2n) is 11.9. The Hall–Kier alpha value is -2.94. The highest BCUT2D eigenvalue weighted by molar-refractivity contribution is 6.73. The highest BCUT2D eigenvalue weighted by Gasteiger charge is 2.47. The minimum atomic E-state index is -1.61. The molecule has 3 aliphatic carbocycles. The molecule has 3 aliphatic rings. The normalized spacial score (nSPS) is 19.0. The number of rotatable bonds is 10. The van der Waals surface area contributed by atoms with Gasteiger partial charge in [-0.25, -0.2) is 0 Å². The molecule has 6 rings (SSSR count). The largest absolute Gasteiger partial charge is 0.417 e. The fourth-order valence-corrected chi connectivity index (χ4v) is 10.6. The van der Waals surface area contributed by atoms with Gasteiger partial charge in [0.1, 0.15) is 0 Å². The van der Waals surface area contributed by atoms with Gasteiger partial charge in [-0.3, -0.25) is 0 Å². The van der Waals surface area contributed by atoms with Gasteiger partial charge in [-0.2, -0.15) is 0 Å². The predicted octanol–water partition coefficient (Wildman–Crippen LogP) is 8.36. The van der Waals surface area contributed by atoms with Crippen LogP contribution < -0.4 is 10.4 Å². The zero-order valence-corrected chi connectivity index (χ0v) is 25.0. The van der Waals surface area contributed by atoms with Crippen molar-refractivity contribution in [2.45, 2.75) is 64.6 Å². The number of allylic oxidation sites excluding steroid dienone is 4. The maximum atomic E-state index is 6.81. The van der Waals surface area contributed by atoms with Crippen molar-refractivity contribution in [1.82, 2.24) is 0 Å². The molecule has 0 radical (unpaired) electrons. The molecular formula is C37H42OSi. The summed E-state index contributed by atoms with van der Waals surface area (Å²) < 4.78 is 6.81. The lowest BCUT2D eigenvalue weighted by molar-refractivity contribution is 0.253. The van der Waals surface area contributed by atoms with Gasteiger partial charge >= 0.3 is 0 Å². The van der Waals surface area contributed by atoms with Crippen LogP contribution in [0.15, 0.2) is 97.1 Å². The molecule has 3 aromatic carbocycles. The van der Waals surface area contributed by atoms with Crippen molar-refractivity contribution in [2.75, 3.05) is 6.61 Å². The zero-order valence-electron chi connectivity index (χ0n) is 24.0. The molecule has 1 nitrogen and oxygen atoms in total. The molecule has 0 N–H and O–H groups in total. The second kappa shape index (κ2) is 10.6. The third-order valence-electron chi connectivity index (χ3n) is 10.1. The Morgan fingerprint density at radius 3 is 1.97 bits per heavy atom. The van der Waals surface area contributed by atoms with E-state index in [1.54, 1.807) is 5.57 Å². The van der Waals surface area contributed by atoms with E-state index in [9.17, 15) is 0 Å². The van der Waals surface area contributed by atoms with Crippen LogP contribution in [0.1, 0.15) is 57.6 Å². The fourth-order valence-electron chi connectivity index (χ4n) is 7.91. The third-order valence-corrected chi connectivity index (χ3v) is 14.8. The molecule has 0 saturated heterocycles. The van der Waals surface area contributed by atoms with E-state index in [1.807, 2.05) is 0 Å². The number of hydrogen-bond acceptors (Lipinski definition) is 1. The van der Waals surface area contributed by atoms with Crippen LogP contribution in [0.3, 0.4) is 0 Å². The Labute approximate surface area is 235 Å². The van der Waals surface area contributed by atoms with E-state index >= 15 is 0 Å². The van der Waals surface area contributed by atoms with Gasteiger partial charge in [-0.15, -0.1) is 0 Å². The van der Waals surface area contributed by atoms with Crippen LogP contribution in [0.5, 0.6) is 0 Å². The molecule has 2 unspecified atom stereocenters. The summed E-state index contributed by atoms with van der Waals surface area (Å²) >= 11 is 0. The smallest absolute Gasteiger partial charge is 0.191 e. The fraction of sp³-hybridized carbons (Fsp3) is 0.351. The van der Waals surface area contributed by atoms with Gasteiger partial charge in [0.05, 0.1) is 0 Å². The first kappa shape index (κ1) is 26.3. The summed E-state index contributed by atoms with van der Waals surface area (Å²) in [5.74, 6) is 0.644. The van der Waals surface area contributed by atoms with Crippen molar-refractivity contribution in [3.63, 3.8) is 0 Å². The van der Waals surface area contributed by atoms with E-state index in [1.165, 1.54) is 56.4 Å². The monoisotopic (exact) mass is 530 g/mol. The van der Waals surface area contributed by atoms with Crippen molar-refractivity contribution in [3.05, 3.63) is 119 Å². The molecule has 2 heteroatoms. The molecule has 3 aromatic rings. The molecule has 0 fully saturated rings. The summed E-state index contributed by atoms with van der Waals surface area (Å²) in [6, 6.07) is 31.1. The molecule has 0 aromatic heterocycles. The van der Waals surface area contributed by atoms with Gasteiger partial charge in [-0.05, 0) is 74.8 Å². The first-order valence-corrected chi connectivity index (χ1v) is 17.6. The number of fused-ring (bicyclic) bond motifs is 5. The van der Waals surface area contributed by atoms with Crippen LogP contribution >= 0.6 is 0 Å². The average molecular weight is 531 g/mol.